The standard InChI is InChI=1S/C32H45N5O7/c1-17-13-21-26-22(35-32(36-26)37-11-8-12-37)16-23(28(21)39)34-30(40)18(2)9-7-10-24(42-5)29(44-31(33)41)20(4)15-19(3)27(38)25(14-17)43-6/h9,15-17,19,24-25,27,29,38-39H,7-8,10-14H2,1-6H3,(H2,33,41)/b18-9+,20-15+,34-23?/t17-,19+,24+,25+,27-,29+/m1/s1. The van der Waals surface area contributed by atoms with Gasteiger partial charge < -0.3 is 35.1 Å². The van der Waals surface area contributed by atoms with Crippen LogP contribution in [-0.2, 0) is 25.4 Å². The second-order valence-corrected chi connectivity index (χ2v) is 12.0. The second kappa shape index (κ2) is 14.4. The number of aliphatic imine (C=N–C) groups is 1. The Bertz CT molecular complexity index is 1470. The predicted molar refractivity (Wildman–Crippen MR) is 164 cm³/mol. The van der Waals surface area contributed by atoms with Gasteiger partial charge in [-0.2, -0.15) is 0 Å². The van der Waals surface area contributed by atoms with Crippen LogP contribution in [0.4, 0.5) is 10.5 Å². The molecule has 44 heavy (non-hydrogen) atoms. The van der Waals surface area contributed by atoms with Crippen molar-refractivity contribution < 1.29 is 34.0 Å². The summed E-state index contributed by atoms with van der Waals surface area (Å²) in [5.74, 6) is -0.436. The molecule has 2 amide bonds. The van der Waals surface area contributed by atoms with E-state index >= 15 is 0 Å². The largest absolute Gasteiger partial charge is 0.505 e. The molecule has 1 fully saturated rings. The highest BCUT2D eigenvalue weighted by molar-refractivity contribution is 5.93. The Morgan fingerprint density at radius 3 is 2.41 bits per heavy atom. The first kappa shape index (κ1) is 33.3. The Balaban J connectivity index is 1.79. The fraction of sp³-hybridized carbons (Fsp3) is 0.594. The summed E-state index contributed by atoms with van der Waals surface area (Å²) < 4.78 is 16.9. The number of nitrogens with two attached hydrogens (primary N) is 1. The summed E-state index contributed by atoms with van der Waals surface area (Å²) in [7, 11) is 3.07. The van der Waals surface area contributed by atoms with Gasteiger partial charge in [0, 0.05) is 44.4 Å². The SMILES string of the molecule is CO[C@H]1C[C@H](C)Cc2c(O)c(cc3c2=NC(N2CCC2)=N3)=NC(=O)/C(C)=C/CC[C@H](OC)[C@@H](OC(N)=O)/C(C)=C/[C@H](C)[C@H]1O. The molecule has 12 nitrogen and oxygen atoms in total. The van der Waals surface area contributed by atoms with E-state index in [2.05, 4.69) is 9.89 Å². The molecule has 3 heterocycles. The fourth-order valence-electron chi connectivity index (χ4n) is 5.95. The average molecular weight is 612 g/mol. The maximum Gasteiger partial charge on any atom is 0.405 e. The Morgan fingerprint density at radius 2 is 1.80 bits per heavy atom. The van der Waals surface area contributed by atoms with Crippen LogP contribution in [0.15, 0.2) is 44.3 Å². The first-order chi connectivity index (χ1) is 20.9. The average Bonchev–Trinajstić information content (AvgIpc) is 3.35. The summed E-state index contributed by atoms with van der Waals surface area (Å²) >= 11 is 0. The smallest absolute Gasteiger partial charge is 0.405 e. The van der Waals surface area contributed by atoms with Crippen LogP contribution in [-0.4, -0.2) is 84.8 Å². The molecule has 4 rings (SSSR count). The second-order valence-electron chi connectivity index (χ2n) is 12.0. The van der Waals surface area contributed by atoms with Gasteiger partial charge in [-0.15, -0.1) is 0 Å². The number of amides is 2. The number of aromatic hydroxyl groups is 1. The summed E-state index contributed by atoms with van der Waals surface area (Å²) in [4.78, 5) is 40.8. The third-order valence-corrected chi connectivity index (χ3v) is 8.63. The topological polar surface area (TPSA) is 169 Å². The van der Waals surface area contributed by atoms with Gasteiger partial charge in [-0.25, -0.2) is 19.8 Å². The number of rotatable bonds is 3. The lowest BCUT2D eigenvalue weighted by atomic mass is 9.87. The summed E-state index contributed by atoms with van der Waals surface area (Å²) in [5, 5.41) is 23.5. The van der Waals surface area contributed by atoms with Gasteiger partial charge in [-0.05, 0) is 63.5 Å². The van der Waals surface area contributed by atoms with Crippen LogP contribution in [0, 0.1) is 11.8 Å². The molecule has 1 saturated heterocycles. The zero-order valence-corrected chi connectivity index (χ0v) is 26.4. The van der Waals surface area contributed by atoms with E-state index in [9.17, 15) is 19.8 Å². The number of primary amides is 1. The molecule has 3 aliphatic rings. The van der Waals surface area contributed by atoms with Crippen molar-refractivity contribution in [1.29, 1.82) is 0 Å². The number of benzene rings is 1. The van der Waals surface area contributed by atoms with E-state index in [4.69, 9.17) is 29.9 Å². The summed E-state index contributed by atoms with van der Waals surface area (Å²) in [6.45, 7) is 9.07. The van der Waals surface area contributed by atoms with Gasteiger partial charge in [-0.3, -0.25) is 4.79 Å². The minimum atomic E-state index is -0.942. The highest BCUT2D eigenvalue weighted by Gasteiger charge is 2.31. The molecule has 4 N–H and O–H groups in total. The van der Waals surface area contributed by atoms with Gasteiger partial charge in [0.2, 0.25) is 5.96 Å². The number of ether oxygens (including phenoxy) is 3. The zero-order chi connectivity index (χ0) is 32.1. The molecule has 0 saturated carbocycles. The molecule has 12 heteroatoms. The molecule has 1 aromatic carbocycles. The number of hydrogen-bond acceptors (Lipinski definition) is 10. The van der Waals surface area contributed by atoms with Gasteiger partial charge >= 0.3 is 6.09 Å². The van der Waals surface area contributed by atoms with E-state index in [0.29, 0.717) is 59.4 Å². The van der Waals surface area contributed by atoms with Crippen molar-refractivity contribution in [3.05, 3.63) is 45.6 Å². The number of allylic oxidation sites excluding steroid dienone is 1. The number of aliphatic hydroxyl groups is 1. The predicted octanol–water partition coefficient (Wildman–Crippen LogP) is 2.61. The number of phenolic OH excluding ortho intramolecular Hbond substituents is 1. The van der Waals surface area contributed by atoms with E-state index in [0.717, 1.165) is 19.5 Å². The van der Waals surface area contributed by atoms with Crippen LogP contribution in [0.3, 0.4) is 0 Å². The number of fused-ring (bicyclic) bond motifs is 4. The van der Waals surface area contributed by atoms with Crippen LogP contribution < -0.4 is 16.4 Å². The molecule has 0 aromatic heterocycles. The lowest BCUT2D eigenvalue weighted by molar-refractivity contribution is -0.114. The van der Waals surface area contributed by atoms with Crippen molar-refractivity contribution in [1.82, 2.24) is 4.90 Å². The number of carbonyl (C=O) groups is 2. The number of carbonyl (C=O) groups excluding carboxylic acids is 2. The molecule has 2 bridgehead atoms. The van der Waals surface area contributed by atoms with Crippen molar-refractivity contribution >= 4 is 23.6 Å². The van der Waals surface area contributed by atoms with E-state index < -0.39 is 36.4 Å². The molecule has 240 valence electrons. The lowest BCUT2D eigenvalue weighted by Gasteiger charge is -2.30. The minimum absolute atomic E-state index is 0.0661. The number of aliphatic hydroxyl groups excluding tert-OH is 1. The molecule has 0 spiro atoms. The number of hydrogen-bond donors (Lipinski definition) is 3. The number of methoxy groups -OCH3 is 2. The molecule has 1 aromatic rings. The van der Waals surface area contributed by atoms with Crippen molar-refractivity contribution in [2.24, 2.45) is 32.5 Å². The van der Waals surface area contributed by atoms with Crippen LogP contribution in [0.25, 0.3) is 0 Å². The van der Waals surface area contributed by atoms with Crippen LogP contribution in [0.1, 0.15) is 58.9 Å². The maximum atomic E-state index is 13.2. The lowest BCUT2D eigenvalue weighted by Crippen LogP contribution is -2.41. The van der Waals surface area contributed by atoms with E-state index in [1.807, 2.05) is 19.9 Å². The number of phenols is 1. The Hall–Kier alpha value is -3.61. The minimum Gasteiger partial charge on any atom is -0.505 e. The third kappa shape index (κ3) is 7.54. The van der Waals surface area contributed by atoms with E-state index in [-0.39, 0.29) is 22.9 Å². The number of guanidine groups is 1. The molecular formula is C32H45N5O7. The molecule has 0 radical (unpaired) electrons. The van der Waals surface area contributed by atoms with E-state index in [1.54, 1.807) is 33.1 Å². The van der Waals surface area contributed by atoms with Gasteiger partial charge in [0.15, 0.2) is 6.10 Å². The van der Waals surface area contributed by atoms with Crippen molar-refractivity contribution in [2.75, 3.05) is 27.3 Å². The van der Waals surface area contributed by atoms with Crippen LogP contribution in [0.5, 0.6) is 5.75 Å². The highest BCUT2D eigenvalue weighted by Crippen LogP contribution is 2.27. The molecule has 3 aliphatic heterocycles. The van der Waals surface area contributed by atoms with E-state index in [1.165, 1.54) is 7.11 Å². The monoisotopic (exact) mass is 611 g/mol. The third-order valence-electron chi connectivity index (χ3n) is 8.63. The molecule has 6 atom stereocenters. The number of likely N-dealkylation sites (tertiary alicyclic amines) is 1. The molecule has 0 unspecified atom stereocenters. The van der Waals surface area contributed by atoms with Crippen LogP contribution in [0.2, 0.25) is 0 Å². The van der Waals surface area contributed by atoms with Gasteiger partial charge in [-0.1, -0.05) is 26.0 Å². The first-order valence-corrected chi connectivity index (χ1v) is 15.2. The van der Waals surface area contributed by atoms with Gasteiger partial charge in [0.1, 0.15) is 11.1 Å². The summed E-state index contributed by atoms with van der Waals surface area (Å²) in [6, 6.07) is 1.60. The first-order valence-electron chi connectivity index (χ1n) is 15.2. The molecule has 0 aliphatic carbocycles. The number of nitrogens with zero attached hydrogens (tertiary/aromatic N) is 4. The highest BCUT2D eigenvalue weighted by atomic mass is 16.6. The zero-order valence-electron chi connectivity index (χ0n) is 26.4. The van der Waals surface area contributed by atoms with Crippen molar-refractivity contribution in [2.45, 2.75) is 84.2 Å². The normalized spacial score (nSPS) is 30.8. The quantitative estimate of drug-likeness (QED) is 0.438. The Kier molecular flexibility index (Phi) is 10.9. The Morgan fingerprint density at radius 1 is 1.09 bits per heavy atom. The van der Waals surface area contributed by atoms with Gasteiger partial charge in [0.05, 0.1) is 29.4 Å². The summed E-state index contributed by atoms with van der Waals surface area (Å²) in [6.07, 6.45) is 2.61. The van der Waals surface area contributed by atoms with Crippen molar-refractivity contribution in [3.63, 3.8) is 0 Å². The Labute approximate surface area is 258 Å². The van der Waals surface area contributed by atoms with Crippen molar-refractivity contribution in [3.8, 4) is 5.75 Å². The van der Waals surface area contributed by atoms with Gasteiger partial charge in [0.25, 0.3) is 5.91 Å². The maximum absolute atomic E-state index is 13.2. The fourth-order valence-corrected chi connectivity index (χ4v) is 5.95. The summed E-state index contributed by atoms with van der Waals surface area (Å²) in [5.41, 5.74) is 7.58. The molecular weight excluding hydrogens is 566 g/mol. The van der Waals surface area contributed by atoms with Crippen LogP contribution >= 0.6 is 0 Å².